The van der Waals surface area contributed by atoms with Crippen LogP contribution >= 0.6 is 11.8 Å². The number of ether oxygens (including phenoxy) is 1. The van der Waals surface area contributed by atoms with E-state index in [0.717, 1.165) is 11.5 Å². The molecular weight excluding hydrogens is 236 g/mol. The first-order valence-corrected chi connectivity index (χ1v) is 6.85. The lowest BCUT2D eigenvalue weighted by Crippen LogP contribution is -2.28. The molecule has 0 spiro atoms. The Kier molecular flexibility index (Phi) is 6.32. The highest BCUT2D eigenvalue weighted by Crippen LogP contribution is 2.13. The van der Waals surface area contributed by atoms with Crippen molar-refractivity contribution in [3.05, 3.63) is 24.3 Å². The first-order chi connectivity index (χ1) is 8.22. The summed E-state index contributed by atoms with van der Waals surface area (Å²) in [6.07, 6.45) is 2.54. The van der Waals surface area contributed by atoms with E-state index in [1.54, 1.807) is 23.9 Å². The second kappa shape index (κ2) is 7.84. The van der Waals surface area contributed by atoms with Crippen molar-refractivity contribution in [3.8, 4) is 5.75 Å². The highest BCUT2D eigenvalue weighted by molar-refractivity contribution is 7.98. The number of amides is 1. The van der Waals surface area contributed by atoms with Crippen molar-refractivity contribution >= 4 is 23.4 Å². The minimum atomic E-state index is 0.0653. The summed E-state index contributed by atoms with van der Waals surface area (Å²) in [4.78, 5) is 11.3. The molecule has 0 atom stereocenters. The quantitative estimate of drug-likeness (QED) is 0.572. The van der Waals surface area contributed by atoms with E-state index < -0.39 is 0 Å². The van der Waals surface area contributed by atoms with Crippen molar-refractivity contribution in [3.63, 3.8) is 0 Å². The van der Waals surface area contributed by atoms with Gasteiger partial charge in [-0.15, -0.1) is 0 Å². The molecule has 0 saturated heterocycles. The molecule has 0 saturated carbocycles. The molecule has 0 aliphatic heterocycles. The second-order valence-electron chi connectivity index (χ2n) is 3.51. The summed E-state index contributed by atoms with van der Waals surface area (Å²) < 4.78 is 5.44. The number of nitrogen functional groups attached to an aromatic ring is 1. The molecule has 4 nitrogen and oxygen atoms in total. The van der Waals surface area contributed by atoms with Crippen LogP contribution in [0.3, 0.4) is 0 Å². The van der Waals surface area contributed by atoms with Crippen LogP contribution in [0.5, 0.6) is 5.75 Å². The first-order valence-electron chi connectivity index (χ1n) is 5.46. The zero-order valence-electron chi connectivity index (χ0n) is 9.94. The van der Waals surface area contributed by atoms with Gasteiger partial charge in [-0.3, -0.25) is 4.79 Å². The van der Waals surface area contributed by atoms with Crippen LogP contribution < -0.4 is 15.8 Å². The molecule has 5 heteroatoms. The van der Waals surface area contributed by atoms with E-state index in [1.807, 2.05) is 18.4 Å². The fourth-order valence-electron chi connectivity index (χ4n) is 1.25. The van der Waals surface area contributed by atoms with Gasteiger partial charge in [0, 0.05) is 23.9 Å². The first kappa shape index (κ1) is 13.7. The molecular formula is C12H18N2O2S. The van der Waals surface area contributed by atoms with Crippen LogP contribution in [0, 0.1) is 0 Å². The van der Waals surface area contributed by atoms with E-state index in [0.29, 0.717) is 25.3 Å². The van der Waals surface area contributed by atoms with Gasteiger partial charge in [0.15, 0.2) is 0 Å². The highest BCUT2D eigenvalue weighted by Gasteiger charge is 1.99. The molecule has 0 heterocycles. The third kappa shape index (κ3) is 6.06. The van der Waals surface area contributed by atoms with Crippen molar-refractivity contribution in [1.29, 1.82) is 0 Å². The predicted octanol–water partition coefficient (Wildman–Crippen LogP) is 1.52. The number of thioether (sulfide) groups is 1. The van der Waals surface area contributed by atoms with Gasteiger partial charge in [-0.2, -0.15) is 11.8 Å². The van der Waals surface area contributed by atoms with Crippen LogP contribution in [-0.2, 0) is 4.79 Å². The van der Waals surface area contributed by atoms with Gasteiger partial charge in [0.2, 0.25) is 5.91 Å². The van der Waals surface area contributed by atoms with Gasteiger partial charge in [-0.25, -0.2) is 0 Å². The second-order valence-corrected chi connectivity index (χ2v) is 4.50. The molecule has 1 rings (SSSR count). The minimum Gasteiger partial charge on any atom is -0.492 e. The zero-order valence-corrected chi connectivity index (χ0v) is 10.8. The topological polar surface area (TPSA) is 64.3 Å². The number of nitrogens with two attached hydrogens (primary N) is 1. The van der Waals surface area contributed by atoms with E-state index in [-0.39, 0.29) is 5.91 Å². The molecule has 17 heavy (non-hydrogen) atoms. The summed E-state index contributed by atoms with van der Waals surface area (Å²) in [5.74, 6) is 1.64. The molecule has 0 aliphatic rings. The lowest BCUT2D eigenvalue weighted by Gasteiger charge is -2.07. The smallest absolute Gasteiger partial charge is 0.220 e. The van der Waals surface area contributed by atoms with E-state index in [4.69, 9.17) is 10.5 Å². The number of carbonyl (C=O) groups is 1. The van der Waals surface area contributed by atoms with Crippen molar-refractivity contribution < 1.29 is 9.53 Å². The summed E-state index contributed by atoms with van der Waals surface area (Å²) in [7, 11) is 0. The van der Waals surface area contributed by atoms with Crippen LogP contribution in [-0.4, -0.2) is 31.1 Å². The number of carbonyl (C=O) groups excluding carboxylic acids is 1. The van der Waals surface area contributed by atoms with Gasteiger partial charge in [0.1, 0.15) is 12.4 Å². The molecule has 1 aromatic rings. The molecule has 1 aromatic carbocycles. The maximum atomic E-state index is 11.3. The minimum absolute atomic E-state index is 0.0653. The normalized spacial score (nSPS) is 9.94. The van der Waals surface area contributed by atoms with Gasteiger partial charge in [0.25, 0.3) is 0 Å². The fraction of sp³-hybridized carbons (Fsp3) is 0.417. The summed E-state index contributed by atoms with van der Waals surface area (Å²) in [6, 6.07) is 7.24. The number of rotatable bonds is 7. The predicted molar refractivity (Wildman–Crippen MR) is 72.4 cm³/mol. The lowest BCUT2D eigenvalue weighted by molar-refractivity contribution is -0.120. The Morgan fingerprint density at radius 3 is 3.06 bits per heavy atom. The van der Waals surface area contributed by atoms with Crippen LogP contribution in [0.25, 0.3) is 0 Å². The Hall–Kier alpha value is -1.36. The summed E-state index contributed by atoms with van der Waals surface area (Å²) in [6.45, 7) is 0.969. The fourth-order valence-corrected chi connectivity index (χ4v) is 1.64. The monoisotopic (exact) mass is 254 g/mol. The van der Waals surface area contributed by atoms with Gasteiger partial charge >= 0.3 is 0 Å². The Balaban J connectivity index is 2.14. The molecule has 94 valence electrons. The van der Waals surface area contributed by atoms with Gasteiger partial charge < -0.3 is 15.8 Å². The van der Waals surface area contributed by atoms with Crippen LogP contribution in [0.4, 0.5) is 5.69 Å². The van der Waals surface area contributed by atoms with Crippen molar-refractivity contribution in [2.45, 2.75) is 6.42 Å². The summed E-state index contributed by atoms with van der Waals surface area (Å²) in [5, 5.41) is 2.79. The van der Waals surface area contributed by atoms with Crippen LogP contribution in [0.2, 0.25) is 0 Å². The average Bonchev–Trinajstić information content (AvgIpc) is 2.32. The molecule has 0 aromatic heterocycles. The molecule has 0 unspecified atom stereocenters. The third-order valence-electron chi connectivity index (χ3n) is 2.08. The SMILES string of the molecule is CSCCC(=O)NCCOc1cccc(N)c1. The molecule has 0 bridgehead atoms. The van der Waals surface area contributed by atoms with E-state index in [2.05, 4.69) is 5.32 Å². The van der Waals surface area contributed by atoms with Gasteiger partial charge in [0.05, 0.1) is 6.54 Å². The average molecular weight is 254 g/mol. The standard InChI is InChI=1S/C12H18N2O2S/c1-17-8-5-12(15)14-6-7-16-11-4-2-3-10(13)9-11/h2-4,9H,5-8,13H2,1H3,(H,14,15). The van der Waals surface area contributed by atoms with Crippen molar-refractivity contribution in [1.82, 2.24) is 5.32 Å². The Bertz CT molecular complexity index is 358. The number of hydrogen-bond donors (Lipinski definition) is 2. The highest BCUT2D eigenvalue weighted by atomic mass is 32.2. The molecule has 0 aliphatic carbocycles. The van der Waals surface area contributed by atoms with Crippen molar-refractivity contribution in [2.75, 3.05) is 30.9 Å². The number of benzene rings is 1. The number of hydrogen-bond acceptors (Lipinski definition) is 4. The van der Waals surface area contributed by atoms with E-state index in [9.17, 15) is 4.79 Å². The zero-order chi connectivity index (χ0) is 12.5. The van der Waals surface area contributed by atoms with Crippen LogP contribution in [0.1, 0.15) is 6.42 Å². The maximum Gasteiger partial charge on any atom is 0.220 e. The Morgan fingerprint density at radius 1 is 1.53 bits per heavy atom. The number of nitrogens with one attached hydrogen (secondary N) is 1. The summed E-state index contributed by atoms with van der Waals surface area (Å²) in [5.41, 5.74) is 6.29. The van der Waals surface area contributed by atoms with E-state index in [1.165, 1.54) is 0 Å². The molecule has 3 N–H and O–H groups in total. The van der Waals surface area contributed by atoms with E-state index >= 15 is 0 Å². The largest absolute Gasteiger partial charge is 0.492 e. The van der Waals surface area contributed by atoms with Crippen molar-refractivity contribution in [2.24, 2.45) is 0 Å². The molecule has 1 amide bonds. The van der Waals surface area contributed by atoms with Gasteiger partial charge in [-0.1, -0.05) is 6.07 Å². The van der Waals surface area contributed by atoms with Gasteiger partial charge in [-0.05, 0) is 18.4 Å². The lowest BCUT2D eigenvalue weighted by atomic mass is 10.3. The Labute approximate surface area is 106 Å². The molecule has 0 radical (unpaired) electrons. The van der Waals surface area contributed by atoms with Crippen LogP contribution in [0.15, 0.2) is 24.3 Å². The molecule has 0 fully saturated rings. The maximum absolute atomic E-state index is 11.3. The third-order valence-corrected chi connectivity index (χ3v) is 2.70. The Morgan fingerprint density at radius 2 is 2.35 bits per heavy atom. The summed E-state index contributed by atoms with van der Waals surface area (Å²) >= 11 is 1.66. The number of anilines is 1.